The summed E-state index contributed by atoms with van der Waals surface area (Å²) in [5.74, 6) is 3.23. The lowest BCUT2D eigenvalue weighted by atomic mass is 9.87. The zero-order valence-electron chi connectivity index (χ0n) is 14.1. The third-order valence-corrected chi connectivity index (χ3v) is 5.68. The first-order chi connectivity index (χ1) is 11.7. The molecule has 7 heteroatoms. The molecule has 5 heterocycles. The van der Waals surface area contributed by atoms with Gasteiger partial charge in [-0.25, -0.2) is 9.97 Å². The van der Waals surface area contributed by atoms with Gasteiger partial charge in [0.05, 0.1) is 6.54 Å². The molecule has 2 aromatic rings. The SMILES string of the molecule is Cc1ncnc(N2CC3CC(C2)N3Cc2nnc(C3CC3)o2)c1C. The van der Waals surface area contributed by atoms with E-state index in [1.54, 1.807) is 6.33 Å². The fourth-order valence-electron chi connectivity index (χ4n) is 3.94. The number of piperazine rings is 1. The van der Waals surface area contributed by atoms with Crippen LogP contribution in [0.25, 0.3) is 0 Å². The normalized spacial score (nSPS) is 26.5. The Bertz CT molecular complexity index is 758. The number of aromatic nitrogens is 4. The molecule has 3 aliphatic heterocycles. The molecule has 2 bridgehead atoms. The van der Waals surface area contributed by atoms with E-state index in [9.17, 15) is 0 Å². The highest BCUT2D eigenvalue weighted by Gasteiger charge is 2.45. The standard InChI is InChI=1S/C17H22N6O/c1-10-11(2)18-9-19-16(10)22-6-13-5-14(7-22)23(13)8-15-20-21-17(24-15)12-3-4-12/h9,12-14H,3-8H2,1-2H3. The summed E-state index contributed by atoms with van der Waals surface area (Å²) in [5.41, 5.74) is 2.26. The molecule has 3 saturated heterocycles. The molecule has 2 aromatic heterocycles. The van der Waals surface area contributed by atoms with Gasteiger partial charge < -0.3 is 9.32 Å². The lowest BCUT2D eigenvalue weighted by Gasteiger charge is -2.56. The van der Waals surface area contributed by atoms with Crippen LogP contribution in [0.15, 0.2) is 10.7 Å². The second-order valence-corrected chi connectivity index (χ2v) is 7.34. The summed E-state index contributed by atoms with van der Waals surface area (Å²) in [6, 6.07) is 1.10. The predicted octanol–water partition coefficient (Wildman–Crippen LogP) is 1.82. The number of fused-ring (bicyclic) bond motifs is 2. The topological polar surface area (TPSA) is 71.2 Å². The Labute approximate surface area is 141 Å². The maximum Gasteiger partial charge on any atom is 0.230 e. The van der Waals surface area contributed by atoms with E-state index in [1.807, 2.05) is 6.92 Å². The maximum atomic E-state index is 5.83. The quantitative estimate of drug-likeness (QED) is 0.848. The van der Waals surface area contributed by atoms with Crippen molar-refractivity contribution < 1.29 is 4.42 Å². The van der Waals surface area contributed by atoms with E-state index < -0.39 is 0 Å². The van der Waals surface area contributed by atoms with Gasteiger partial charge in [-0.3, -0.25) is 4.90 Å². The van der Waals surface area contributed by atoms with Crippen molar-refractivity contribution in [3.63, 3.8) is 0 Å². The minimum Gasteiger partial charge on any atom is -0.424 e. The molecule has 0 radical (unpaired) electrons. The highest BCUT2D eigenvalue weighted by molar-refractivity contribution is 5.49. The summed E-state index contributed by atoms with van der Waals surface area (Å²) in [6.07, 6.45) is 5.32. The Balaban J connectivity index is 1.27. The molecule has 0 aromatic carbocycles. The summed E-state index contributed by atoms with van der Waals surface area (Å²) < 4.78 is 5.83. The summed E-state index contributed by atoms with van der Waals surface area (Å²) >= 11 is 0. The van der Waals surface area contributed by atoms with E-state index in [1.165, 1.54) is 24.8 Å². The van der Waals surface area contributed by atoms with E-state index >= 15 is 0 Å². The summed E-state index contributed by atoms with van der Waals surface area (Å²) in [5, 5.41) is 8.43. The van der Waals surface area contributed by atoms with Gasteiger partial charge in [0, 0.05) is 42.3 Å². The Morgan fingerprint density at radius 3 is 2.67 bits per heavy atom. The molecule has 4 aliphatic rings. The van der Waals surface area contributed by atoms with Gasteiger partial charge in [0.25, 0.3) is 0 Å². The predicted molar refractivity (Wildman–Crippen MR) is 87.7 cm³/mol. The summed E-state index contributed by atoms with van der Waals surface area (Å²) in [6.45, 7) is 6.96. The monoisotopic (exact) mass is 326 g/mol. The fourth-order valence-corrected chi connectivity index (χ4v) is 3.94. The lowest BCUT2D eigenvalue weighted by Crippen LogP contribution is -2.68. The van der Waals surface area contributed by atoms with Crippen LogP contribution < -0.4 is 4.90 Å². The van der Waals surface area contributed by atoms with Gasteiger partial charge in [0.2, 0.25) is 11.8 Å². The average Bonchev–Trinajstić information content (AvgIpc) is 3.34. The van der Waals surface area contributed by atoms with Gasteiger partial charge in [-0.05, 0) is 33.1 Å². The van der Waals surface area contributed by atoms with Crippen LogP contribution in [0.1, 0.15) is 48.2 Å². The van der Waals surface area contributed by atoms with E-state index in [2.05, 4.69) is 36.9 Å². The Morgan fingerprint density at radius 1 is 1.12 bits per heavy atom. The number of piperidine rings is 1. The molecule has 6 rings (SSSR count). The van der Waals surface area contributed by atoms with Crippen molar-refractivity contribution in [2.75, 3.05) is 18.0 Å². The van der Waals surface area contributed by atoms with Crippen molar-refractivity contribution in [3.8, 4) is 0 Å². The van der Waals surface area contributed by atoms with Gasteiger partial charge in [0.1, 0.15) is 12.1 Å². The van der Waals surface area contributed by atoms with Crippen LogP contribution in [-0.2, 0) is 6.54 Å². The van der Waals surface area contributed by atoms with Crippen LogP contribution in [0.5, 0.6) is 0 Å². The van der Waals surface area contributed by atoms with Crippen molar-refractivity contribution in [2.24, 2.45) is 0 Å². The smallest absolute Gasteiger partial charge is 0.230 e. The molecule has 2 unspecified atom stereocenters. The molecule has 1 saturated carbocycles. The highest BCUT2D eigenvalue weighted by atomic mass is 16.4. The number of hydrogen-bond acceptors (Lipinski definition) is 7. The van der Waals surface area contributed by atoms with E-state index in [0.717, 1.165) is 42.9 Å². The van der Waals surface area contributed by atoms with Crippen molar-refractivity contribution in [1.82, 2.24) is 25.1 Å². The zero-order chi connectivity index (χ0) is 16.3. The molecular formula is C17H22N6O. The molecule has 7 nitrogen and oxygen atoms in total. The van der Waals surface area contributed by atoms with Gasteiger partial charge in [-0.2, -0.15) is 0 Å². The number of rotatable bonds is 4. The first-order valence-corrected chi connectivity index (χ1v) is 8.80. The van der Waals surface area contributed by atoms with E-state index in [4.69, 9.17) is 4.42 Å². The van der Waals surface area contributed by atoms with Crippen molar-refractivity contribution in [3.05, 3.63) is 29.4 Å². The minimum atomic E-state index is 0.529. The number of aryl methyl sites for hydroxylation is 1. The lowest BCUT2D eigenvalue weighted by molar-refractivity contribution is -0.0153. The second-order valence-electron chi connectivity index (χ2n) is 7.34. The minimum absolute atomic E-state index is 0.529. The Morgan fingerprint density at radius 2 is 1.92 bits per heavy atom. The Hall–Kier alpha value is -2.02. The van der Waals surface area contributed by atoms with Crippen LogP contribution in [0.3, 0.4) is 0 Å². The van der Waals surface area contributed by atoms with E-state index in [-0.39, 0.29) is 0 Å². The van der Waals surface area contributed by atoms with Crippen LogP contribution in [0.4, 0.5) is 5.82 Å². The van der Waals surface area contributed by atoms with Crippen LogP contribution in [0, 0.1) is 13.8 Å². The number of nitrogens with zero attached hydrogens (tertiary/aromatic N) is 6. The van der Waals surface area contributed by atoms with Crippen LogP contribution in [0.2, 0.25) is 0 Å². The molecule has 2 atom stereocenters. The van der Waals surface area contributed by atoms with Crippen molar-refractivity contribution in [2.45, 2.75) is 57.7 Å². The molecule has 0 N–H and O–H groups in total. The van der Waals surface area contributed by atoms with E-state index in [0.29, 0.717) is 18.0 Å². The van der Waals surface area contributed by atoms with Crippen molar-refractivity contribution >= 4 is 5.82 Å². The first-order valence-electron chi connectivity index (χ1n) is 8.80. The summed E-state index contributed by atoms with van der Waals surface area (Å²) in [7, 11) is 0. The molecule has 1 aliphatic carbocycles. The van der Waals surface area contributed by atoms with Gasteiger partial charge in [0.15, 0.2) is 0 Å². The van der Waals surface area contributed by atoms with Gasteiger partial charge in [-0.1, -0.05) is 0 Å². The largest absolute Gasteiger partial charge is 0.424 e. The molecule has 0 amide bonds. The third-order valence-electron chi connectivity index (χ3n) is 5.68. The van der Waals surface area contributed by atoms with Gasteiger partial charge in [-0.15, -0.1) is 10.2 Å². The van der Waals surface area contributed by atoms with Crippen molar-refractivity contribution in [1.29, 1.82) is 0 Å². The van der Waals surface area contributed by atoms with Crippen LogP contribution in [-0.4, -0.2) is 50.2 Å². The average molecular weight is 326 g/mol. The molecule has 24 heavy (non-hydrogen) atoms. The highest BCUT2D eigenvalue weighted by Crippen LogP contribution is 2.40. The molecular weight excluding hydrogens is 304 g/mol. The Kier molecular flexibility index (Phi) is 3.13. The molecule has 4 fully saturated rings. The van der Waals surface area contributed by atoms with Gasteiger partial charge >= 0.3 is 0 Å². The molecule has 0 spiro atoms. The number of anilines is 1. The summed E-state index contributed by atoms with van der Waals surface area (Å²) in [4.78, 5) is 13.7. The first kappa shape index (κ1) is 14.3. The second kappa shape index (κ2) is 5.24. The molecule has 126 valence electrons. The zero-order valence-corrected chi connectivity index (χ0v) is 14.1. The number of hydrogen-bond donors (Lipinski definition) is 0. The third kappa shape index (κ3) is 2.30. The maximum absolute atomic E-state index is 5.83. The fraction of sp³-hybridized carbons (Fsp3) is 0.647. The van der Waals surface area contributed by atoms with Crippen LogP contribution >= 0.6 is 0 Å².